The second-order valence-electron chi connectivity index (χ2n) is 5.32. The van der Waals surface area contributed by atoms with Crippen molar-refractivity contribution in [1.29, 1.82) is 0 Å². The van der Waals surface area contributed by atoms with Crippen LogP contribution in [0.4, 0.5) is 39.5 Å². The Morgan fingerprint density at radius 2 is 1.32 bits per heavy atom. The third-order valence-corrected chi connectivity index (χ3v) is 4.94. The van der Waals surface area contributed by atoms with Gasteiger partial charge in [-0.2, -0.15) is 39.5 Å². The summed E-state index contributed by atoms with van der Waals surface area (Å²) in [4.78, 5) is 0. The van der Waals surface area contributed by atoms with E-state index in [0.29, 0.717) is 5.56 Å². The van der Waals surface area contributed by atoms with Crippen LogP contribution >= 0.6 is 38.5 Å². The lowest BCUT2D eigenvalue weighted by Gasteiger charge is -2.34. The van der Waals surface area contributed by atoms with E-state index in [0.717, 1.165) is 4.47 Å². The highest BCUT2D eigenvalue weighted by molar-refractivity contribution is 14.1. The molecule has 0 N–H and O–H groups in total. The SMILES string of the molecule is FC(F)(F)C(F)(F)C(F)(F)C(F)(F)CC(I)CCc1ccc(Br)cc1. The fourth-order valence-electron chi connectivity index (χ4n) is 1.89. The molecule has 1 rings (SSSR count). The van der Waals surface area contributed by atoms with Crippen LogP contribution in [0, 0.1) is 0 Å². The van der Waals surface area contributed by atoms with Crippen LogP contribution in [0.2, 0.25) is 0 Å². The first-order valence-electron chi connectivity index (χ1n) is 6.70. The van der Waals surface area contributed by atoms with Gasteiger partial charge in [-0.05, 0) is 30.5 Å². The van der Waals surface area contributed by atoms with Crippen LogP contribution in [-0.2, 0) is 6.42 Å². The van der Waals surface area contributed by atoms with Crippen molar-refractivity contribution in [1.82, 2.24) is 0 Å². The summed E-state index contributed by atoms with van der Waals surface area (Å²) in [7, 11) is 0. The van der Waals surface area contributed by atoms with Crippen molar-refractivity contribution in [3.63, 3.8) is 0 Å². The van der Waals surface area contributed by atoms with E-state index in [1.54, 1.807) is 24.3 Å². The first-order valence-corrected chi connectivity index (χ1v) is 8.74. The third kappa shape index (κ3) is 5.16. The Labute approximate surface area is 159 Å². The van der Waals surface area contributed by atoms with Crippen molar-refractivity contribution in [2.24, 2.45) is 0 Å². The van der Waals surface area contributed by atoms with Gasteiger partial charge in [-0.15, -0.1) is 0 Å². The number of alkyl halides is 10. The Balaban J connectivity index is 2.79. The number of hydrogen-bond acceptors (Lipinski definition) is 0. The summed E-state index contributed by atoms with van der Waals surface area (Å²) in [5, 5.41) is 0. The van der Waals surface area contributed by atoms with Crippen LogP contribution in [0.15, 0.2) is 28.7 Å². The zero-order valence-electron chi connectivity index (χ0n) is 12.2. The second kappa shape index (κ2) is 7.81. The molecule has 1 aromatic carbocycles. The van der Waals surface area contributed by atoms with Gasteiger partial charge in [0.15, 0.2) is 0 Å². The Hall–Kier alpha value is -0.200. The van der Waals surface area contributed by atoms with Crippen molar-refractivity contribution in [3.8, 4) is 0 Å². The molecule has 0 aliphatic carbocycles. The molecule has 0 amide bonds. The summed E-state index contributed by atoms with van der Waals surface area (Å²) in [6.45, 7) is 0. The summed E-state index contributed by atoms with van der Waals surface area (Å²) in [5.74, 6) is -18.9. The Morgan fingerprint density at radius 3 is 1.76 bits per heavy atom. The van der Waals surface area contributed by atoms with Gasteiger partial charge in [0.05, 0.1) is 0 Å². The lowest BCUT2D eigenvalue weighted by atomic mass is 9.97. The topological polar surface area (TPSA) is 0 Å². The average Bonchev–Trinajstić information content (AvgIpc) is 2.44. The molecule has 0 saturated carbocycles. The molecule has 0 saturated heterocycles. The van der Waals surface area contributed by atoms with Gasteiger partial charge in [-0.1, -0.05) is 50.7 Å². The highest BCUT2D eigenvalue weighted by atomic mass is 127. The van der Waals surface area contributed by atoms with Gasteiger partial charge in [-0.3, -0.25) is 0 Å². The normalized spacial score (nSPS) is 15.3. The molecule has 1 aromatic rings. The number of hydrogen-bond donors (Lipinski definition) is 0. The van der Waals surface area contributed by atoms with E-state index in [-0.39, 0.29) is 12.8 Å². The maximum atomic E-state index is 13.5. The van der Waals surface area contributed by atoms with E-state index in [1.165, 1.54) is 22.6 Å². The summed E-state index contributed by atoms with van der Waals surface area (Å²) < 4.78 is 115. The van der Waals surface area contributed by atoms with Crippen molar-refractivity contribution >= 4 is 38.5 Å². The lowest BCUT2D eigenvalue weighted by Crippen LogP contribution is -2.61. The van der Waals surface area contributed by atoms with Crippen LogP contribution in [0.5, 0.6) is 0 Å². The maximum Gasteiger partial charge on any atom is 0.460 e. The van der Waals surface area contributed by atoms with Gasteiger partial charge in [0.1, 0.15) is 0 Å². The van der Waals surface area contributed by atoms with Gasteiger partial charge >= 0.3 is 23.9 Å². The molecule has 0 spiro atoms. The van der Waals surface area contributed by atoms with E-state index in [9.17, 15) is 39.5 Å². The number of aryl methyl sites for hydroxylation is 1. The number of benzene rings is 1. The fraction of sp³-hybridized carbons (Fsp3) is 0.571. The zero-order valence-corrected chi connectivity index (χ0v) is 15.9. The molecule has 144 valence electrons. The van der Waals surface area contributed by atoms with E-state index in [1.807, 2.05) is 0 Å². The van der Waals surface area contributed by atoms with Gasteiger partial charge in [0.25, 0.3) is 0 Å². The van der Waals surface area contributed by atoms with Crippen LogP contribution in [0.1, 0.15) is 18.4 Å². The fourth-order valence-corrected chi connectivity index (χ4v) is 3.02. The molecule has 0 radical (unpaired) electrons. The second-order valence-corrected chi connectivity index (χ2v) is 7.99. The third-order valence-electron chi connectivity index (χ3n) is 3.35. The van der Waals surface area contributed by atoms with Gasteiger partial charge in [-0.25, -0.2) is 0 Å². The predicted molar refractivity (Wildman–Crippen MR) is 85.8 cm³/mol. The van der Waals surface area contributed by atoms with Crippen LogP contribution < -0.4 is 0 Å². The molecule has 0 heterocycles. The average molecular weight is 557 g/mol. The standard InChI is InChI=1S/C14H11BrF9I/c15-9-4-1-8(2-5-9)3-6-10(25)7-11(16,17)12(18,19)13(20,21)14(22,23)24/h1-2,4-5,10H,3,6-7H2. The highest BCUT2D eigenvalue weighted by Crippen LogP contribution is 2.54. The molecule has 0 fully saturated rings. The van der Waals surface area contributed by atoms with Gasteiger partial charge in [0.2, 0.25) is 0 Å². The molecule has 0 nitrogen and oxygen atoms in total. The Bertz CT molecular complexity index is 569. The first kappa shape index (κ1) is 22.8. The predicted octanol–water partition coefficient (Wildman–Crippen LogP) is 7.04. The van der Waals surface area contributed by atoms with E-state index in [4.69, 9.17) is 0 Å². The van der Waals surface area contributed by atoms with Gasteiger partial charge in [0, 0.05) is 14.8 Å². The molecule has 0 bridgehead atoms. The molecule has 0 aliphatic rings. The van der Waals surface area contributed by atoms with Crippen molar-refractivity contribution in [2.75, 3.05) is 0 Å². The molecule has 1 unspecified atom stereocenters. The molecular formula is C14H11BrF9I. The van der Waals surface area contributed by atoms with Gasteiger partial charge < -0.3 is 0 Å². The summed E-state index contributed by atoms with van der Waals surface area (Å²) in [6, 6.07) is 6.59. The van der Waals surface area contributed by atoms with E-state index < -0.39 is 34.3 Å². The van der Waals surface area contributed by atoms with Crippen LogP contribution in [0.25, 0.3) is 0 Å². The summed E-state index contributed by atoms with van der Waals surface area (Å²) in [6.07, 6.45) is -8.50. The summed E-state index contributed by atoms with van der Waals surface area (Å²) in [5.41, 5.74) is 0.681. The van der Waals surface area contributed by atoms with Crippen LogP contribution in [-0.4, -0.2) is 27.9 Å². The van der Waals surface area contributed by atoms with E-state index >= 15 is 0 Å². The van der Waals surface area contributed by atoms with Crippen molar-refractivity contribution in [2.45, 2.75) is 47.1 Å². The minimum Gasteiger partial charge on any atom is -0.200 e. The molecule has 25 heavy (non-hydrogen) atoms. The number of halogens is 11. The maximum absolute atomic E-state index is 13.5. The molecule has 11 heteroatoms. The Kier molecular flexibility index (Phi) is 7.14. The molecule has 0 aromatic heterocycles. The van der Waals surface area contributed by atoms with Crippen molar-refractivity contribution < 1.29 is 39.5 Å². The van der Waals surface area contributed by atoms with Crippen molar-refractivity contribution in [3.05, 3.63) is 34.3 Å². The zero-order chi connectivity index (χ0) is 19.7. The monoisotopic (exact) mass is 556 g/mol. The first-order chi connectivity index (χ1) is 11.1. The summed E-state index contributed by atoms with van der Waals surface area (Å²) >= 11 is 4.52. The molecule has 1 atom stereocenters. The number of rotatable bonds is 7. The van der Waals surface area contributed by atoms with E-state index in [2.05, 4.69) is 15.9 Å². The smallest absolute Gasteiger partial charge is 0.200 e. The quantitative estimate of drug-likeness (QED) is 0.192. The molecule has 0 aliphatic heterocycles. The Morgan fingerprint density at radius 1 is 0.840 bits per heavy atom. The molecular weight excluding hydrogens is 546 g/mol. The lowest BCUT2D eigenvalue weighted by molar-refractivity contribution is -0.396. The highest BCUT2D eigenvalue weighted by Gasteiger charge is 2.81. The minimum atomic E-state index is -6.83. The largest absolute Gasteiger partial charge is 0.460 e. The van der Waals surface area contributed by atoms with Crippen LogP contribution in [0.3, 0.4) is 0 Å². The minimum absolute atomic E-state index is 0.0918.